The number of hydrogen-bond acceptors (Lipinski definition) is 3. The highest BCUT2D eigenvalue weighted by Gasteiger charge is 2.21. The molecule has 0 radical (unpaired) electrons. The Bertz CT molecular complexity index is 493. The quantitative estimate of drug-likeness (QED) is 0.646. The van der Waals surface area contributed by atoms with E-state index in [4.69, 9.17) is 4.99 Å². The number of nitrogens with zero attached hydrogens (tertiary/aromatic N) is 2. The van der Waals surface area contributed by atoms with Gasteiger partial charge < -0.3 is 15.3 Å². The van der Waals surface area contributed by atoms with Crippen molar-refractivity contribution in [2.45, 2.75) is 38.7 Å². The van der Waals surface area contributed by atoms with Crippen molar-refractivity contribution in [3.63, 3.8) is 0 Å². The lowest BCUT2D eigenvalue weighted by Gasteiger charge is -2.34. The number of guanidine groups is 1. The Balaban J connectivity index is 2.09. The first kappa shape index (κ1) is 17.2. The summed E-state index contributed by atoms with van der Waals surface area (Å²) in [6.07, 6.45) is 1.20. The lowest BCUT2D eigenvalue weighted by molar-refractivity contribution is 0.280. The van der Waals surface area contributed by atoms with Gasteiger partial charge in [0.2, 0.25) is 0 Å². The third-order valence-corrected chi connectivity index (χ3v) is 5.29. The highest BCUT2D eigenvalue weighted by atomic mass is 32.2. The number of benzene rings is 1. The fraction of sp³-hybridized carbons (Fsp3) is 0.588. The summed E-state index contributed by atoms with van der Waals surface area (Å²) in [4.78, 5) is 7.17. The van der Waals surface area contributed by atoms with E-state index in [9.17, 15) is 5.11 Å². The minimum Gasteiger partial charge on any atom is -0.392 e. The van der Waals surface area contributed by atoms with E-state index in [2.05, 4.69) is 35.8 Å². The van der Waals surface area contributed by atoms with Gasteiger partial charge in [0.1, 0.15) is 0 Å². The van der Waals surface area contributed by atoms with Crippen LogP contribution in [0.2, 0.25) is 0 Å². The van der Waals surface area contributed by atoms with Crippen molar-refractivity contribution in [2.75, 3.05) is 25.4 Å². The van der Waals surface area contributed by atoms with Crippen LogP contribution < -0.4 is 5.32 Å². The van der Waals surface area contributed by atoms with Gasteiger partial charge in [-0.15, -0.1) is 0 Å². The normalized spacial score (nSPS) is 19.3. The minimum atomic E-state index is 0.0699. The molecule has 1 fully saturated rings. The summed E-state index contributed by atoms with van der Waals surface area (Å²) in [6.45, 7) is 8.03. The topological polar surface area (TPSA) is 47.9 Å². The van der Waals surface area contributed by atoms with Crippen LogP contribution in [0.3, 0.4) is 0 Å². The SMILES string of the molecule is CCNC(=NCc1ccccc1CO)N1CCSC(CC)C1. The molecular weight excluding hydrogens is 294 g/mol. The molecule has 0 aliphatic carbocycles. The third kappa shape index (κ3) is 4.65. The van der Waals surface area contributed by atoms with Crippen molar-refractivity contribution >= 4 is 17.7 Å². The molecule has 0 spiro atoms. The molecule has 122 valence electrons. The first-order chi connectivity index (χ1) is 10.8. The molecule has 1 aliphatic rings. The first-order valence-corrected chi connectivity index (χ1v) is 9.15. The van der Waals surface area contributed by atoms with Gasteiger partial charge in [-0.05, 0) is 24.5 Å². The molecule has 1 saturated heterocycles. The van der Waals surface area contributed by atoms with Gasteiger partial charge in [-0.2, -0.15) is 11.8 Å². The van der Waals surface area contributed by atoms with Crippen LogP contribution in [0.1, 0.15) is 31.4 Å². The van der Waals surface area contributed by atoms with Gasteiger partial charge in [-0.3, -0.25) is 0 Å². The summed E-state index contributed by atoms with van der Waals surface area (Å²) in [5.41, 5.74) is 2.06. The molecule has 1 heterocycles. The van der Waals surface area contributed by atoms with E-state index in [0.29, 0.717) is 11.8 Å². The van der Waals surface area contributed by atoms with Crippen LogP contribution in [-0.2, 0) is 13.2 Å². The highest BCUT2D eigenvalue weighted by molar-refractivity contribution is 8.00. The molecule has 5 heteroatoms. The van der Waals surface area contributed by atoms with Crippen LogP contribution in [0.25, 0.3) is 0 Å². The monoisotopic (exact) mass is 321 g/mol. The Morgan fingerprint density at radius 1 is 1.36 bits per heavy atom. The second kappa shape index (κ2) is 9.06. The maximum Gasteiger partial charge on any atom is 0.194 e. The van der Waals surface area contributed by atoms with Gasteiger partial charge in [0, 0.05) is 30.6 Å². The Kier molecular flexibility index (Phi) is 7.06. The van der Waals surface area contributed by atoms with Gasteiger partial charge in [-0.25, -0.2) is 4.99 Å². The molecule has 1 aliphatic heterocycles. The molecule has 22 heavy (non-hydrogen) atoms. The van der Waals surface area contributed by atoms with E-state index in [1.165, 1.54) is 6.42 Å². The minimum absolute atomic E-state index is 0.0699. The van der Waals surface area contributed by atoms with E-state index >= 15 is 0 Å². The van der Waals surface area contributed by atoms with E-state index in [0.717, 1.165) is 42.5 Å². The zero-order valence-electron chi connectivity index (χ0n) is 13.6. The van der Waals surface area contributed by atoms with Crippen molar-refractivity contribution < 1.29 is 5.11 Å². The van der Waals surface area contributed by atoms with Gasteiger partial charge >= 0.3 is 0 Å². The fourth-order valence-electron chi connectivity index (χ4n) is 2.61. The summed E-state index contributed by atoms with van der Waals surface area (Å²) in [5.74, 6) is 2.16. The van der Waals surface area contributed by atoms with Crippen LogP contribution in [0.5, 0.6) is 0 Å². The molecule has 4 nitrogen and oxygen atoms in total. The molecule has 1 aromatic carbocycles. The maximum absolute atomic E-state index is 9.43. The molecule has 1 unspecified atom stereocenters. The molecule has 0 aromatic heterocycles. The highest BCUT2D eigenvalue weighted by Crippen LogP contribution is 2.21. The van der Waals surface area contributed by atoms with Crippen LogP contribution in [0.4, 0.5) is 0 Å². The average molecular weight is 321 g/mol. The van der Waals surface area contributed by atoms with Gasteiger partial charge in [-0.1, -0.05) is 31.2 Å². The fourth-order valence-corrected chi connectivity index (χ4v) is 3.79. The number of rotatable bonds is 5. The second-order valence-corrected chi connectivity index (χ2v) is 6.85. The Morgan fingerprint density at radius 2 is 2.14 bits per heavy atom. The maximum atomic E-state index is 9.43. The second-order valence-electron chi connectivity index (χ2n) is 5.44. The number of nitrogens with one attached hydrogen (secondary N) is 1. The van der Waals surface area contributed by atoms with E-state index in [1.54, 1.807) is 0 Å². The molecule has 0 bridgehead atoms. The molecule has 1 atom stereocenters. The predicted octanol–water partition coefficient (Wildman–Crippen LogP) is 2.47. The Labute approximate surface area is 138 Å². The van der Waals surface area contributed by atoms with Gasteiger partial charge in [0.05, 0.1) is 13.2 Å². The summed E-state index contributed by atoms with van der Waals surface area (Å²) >= 11 is 2.07. The first-order valence-electron chi connectivity index (χ1n) is 8.11. The summed E-state index contributed by atoms with van der Waals surface area (Å²) < 4.78 is 0. The van der Waals surface area contributed by atoms with Gasteiger partial charge in [0.15, 0.2) is 5.96 Å². The molecule has 0 amide bonds. The molecule has 2 rings (SSSR count). The lowest BCUT2D eigenvalue weighted by Crippen LogP contribution is -2.48. The molecule has 1 aromatic rings. The Morgan fingerprint density at radius 3 is 2.82 bits per heavy atom. The van der Waals surface area contributed by atoms with Crippen molar-refractivity contribution in [2.24, 2.45) is 4.99 Å². The average Bonchev–Trinajstić information content (AvgIpc) is 2.58. The molecule has 2 N–H and O–H groups in total. The predicted molar refractivity (Wildman–Crippen MR) is 95.3 cm³/mol. The number of aliphatic hydroxyl groups is 1. The van der Waals surface area contributed by atoms with Crippen LogP contribution >= 0.6 is 11.8 Å². The Hall–Kier alpha value is -1.20. The van der Waals surface area contributed by atoms with Crippen molar-refractivity contribution in [3.8, 4) is 0 Å². The van der Waals surface area contributed by atoms with E-state index in [-0.39, 0.29) is 6.61 Å². The van der Waals surface area contributed by atoms with Crippen molar-refractivity contribution in [3.05, 3.63) is 35.4 Å². The number of aliphatic imine (C=N–C) groups is 1. The molecule has 0 saturated carbocycles. The number of thioether (sulfide) groups is 1. The number of hydrogen-bond donors (Lipinski definition) is 2. The zero-order chi connectivity index (χ0) is 15.8. The largest absolute Gasteiger partial charge is 0.392 e. The molecular formula is C17H27N3OS. The summed E-state index contributed by atoms with van der Waals surface area (Å²) in [5, 5.41) is 13.5. The van der Waals surface area contributed by atoms with Crippen LogP contribution in [0.15, 0.2) is 29.3 Å². The van der Waals surface area contributed by atoms with Crippen LogP contribution in [0, 0.1) is 0 Å². The van der Waals surface area contributed by atoms with Crippen molar-refractivity contribution in [1.82, 2.24) is 10.2 Å². The third-order valence-electron chi connectivity index (χ3n) is 3.92. The van der Waals surface area contributed by atoms with E-state index < -0.39 is 0 Å². The van der Waals surface area contributed by atoms with Crippen molar-refractivity contribution in [1.29, 1.82) is 0 Å². The zero-order valence-corrected chi connectivity index (χ0v) is 14.4. The summed E-state index contributed by atoms with van der Waals surface area (Å²) in [7, 11) is 0. The lowest BCUT2D eigenvalue weighted by atomic mass is 10.1. The number of aliphatic hydroxyl groups excluding tert-OH is 1. The standard InChI is InChI=1S/C17H27N3OS/c1-3-16-12-20(9-10-22-16)17(18-4-2)19-11-14-7-5-6-8-15(14)13-21/h5-8,16,21H,3-4,9-13H2,1-2H3,(H,18,19). The summed E-state index contributed by atoms with van der Waals surface area (Å²) in [6, 6.07) is 7.96. The van der Waals surface area contributed by atoms with E-state index in [1.807, 2.05) is 24.3 Å². The van der Waals surface area contributed by atoms with Gasteiger partial charge in [0.25, 0.3) is 0 Å². The smallest absolute Gasteiger partial charge is 0.194 e. The van der Waals surface area contributed by atoms with Crippen LogP contribution in [-0.4, -0.2) is 46.6 Å².